The average Bonchev–Trinajstić information content (AvgIpc) is 3.19. The second-order valence-electron chi connectivity index (χ2n) is 14.3. The summed E-state index contributed by atoms with van der Waals surface area (Å²) >= 11 is 0. The summed E-state index contributed by atoms with van der Waals surface area (Å²) in [4.78, 5) is 59.5. The van der Waals surface area contributed by atoms with E-state index in [4.69, 9.17) is 18.9 Å². The third kappa shape index (κ3) is 10.2. The van der Waals surface area contributed by atoms with Crippen LogP contribution in [0.3, 0.4) is 0 Å². The van der Waals surface area contributed by atoms with Gasteiger partial charge in [0.25, 0.3) is 0 Å². The molecule has 0 spiro atoms. The molecule has 1 aromatic heterocycles. The summed E-state index contributed by atoms with van der Waals surface area (Å²) in [6.45, 7) is 2.39. The average molecular weight is 772 g/mol. The molecule has 0 saturated carbocycles. The van der Waals surface area contributed by atoms with Crippen molar-refractivity contribution in [2.24, 2.45) is 0 Å². The van der Waals surface area contributed by atoms with Gasteiger partial charge in [0.15, 0.2) is 11.5 Å². The minimum Gasteiger partial charge on any atom is -0.507 e. The Morgan fingerprint density at radius 2 is 1.75 bits per heavy atom. The van der Waals surface area contributed by atoms with E-state index in [2.05, 4.69) is 10.3 Å². The number of carbonyl (C=O) groups is 4. The SMILES string of the molecule is COc1cc(C(CC(=O)NCCC(=O)N2CCCCC2c2cccnc2)c2c(O)cc3c(c2O)C(=O)O[C@@H](C)CCCC(=O)CCC/C=C/3)cc(OC)c1OC. The minimum atomic E-state index is -1.05. The van der Waals surface area contributed by atoms with Crippen LogP contribution in [0.2, 0.25) is 0 Å². The highest BCUT2D eigenvalue weighted by atomic mass is 16.5. The van der Waals surface area contributed by atoms with E-state index >= 15 is 0 Å². The Labute approximate surface area is 328 Å². The zero-order chi connectivity index (χ0) is 40.2. The van der Waals surface area contributed by atoms with E-state index in [-0.39, 0.29) is 71.1 Å². The lowest BCUT2D eigenvalue weighted by atomic mass is 9.84. The molecule has 0 radical (unpaired) electrons. The third-order valence-corrected chi connectivity index (χ3v) is 10.4. The minimum absolute atomic E-state index is 0.0542. The molecular formula is C43H53N3O10. The molecule has 0 aliphatic carbocycles. The molecule has 3 atom stereocenters. The summed E-state index contributed by atoms with van der Waals surface area (Å²) in [6, 6.07) is 8.34. The van der Waals surface area contributed by atoms with E-state index in [0.29, 0.717) is 56.4 Å². The number of benzene rings is 2. The van der Waals surface area contributed by atoms with Crippen LogP contribution in [0.5, 0.6) is 28.7 Å². The van der Waals surface area contributed by atoms with Crippen molar-refractivity contribution in [3.05, 3.63) is 76.6 Å². The number of carbonyl (C=O) groups excluding carboxylic acids is 4. The Morgan fingerprint density at radius 3 is 2.45 bits per heavy atom. The predicted molar refractivity (Wildman–Crippen MR) is 209 cm³/mol. The monoisotopic (exact) mass is 771 g/mol. The third-order valence-electron chi connectivity index (χ3n) is 10.4. The summed E-state index contributed by atoms with van der Waals surface area (Å²) in [5.74, 6) is -2.33. The fourth-order valence-corrected chi connectivity index (χ4v) is 7.57. The molecule has 3 aromatic rings. The Morgan fingerprint density at radius 1 is 1.00 bits per heavy atom. The number of esters is 1. The van der Waals surface area contributed by atoms with Crippen molar-refractivity contribution in [1.29, 1.82) is 0 Å². The first-order chi connectivity index (χ1) is 27.1. The molecule has 13 nitrogen and oxygen atoms in total. The molecule has 2 aromatic carbocycles. The summed E-state index contributed by atoms with van der Waals surface area (Å²) in [5.41, 5.74) is 1.36. The van der Waals surface area contributed by atoms with Crippen LogP contribution in [0.25, 0.3) is 6.08 Å². The first-order valence-corrected chi connectivity index (χ1v) is 19.3. The van der Waals surface area contributed by atoms with Crippen LogP contribution < -0.4 is 19.5 Å². The number of pyridine rings is 1. The number of amides is 2. The molecule has 2 aliphatic rings. The molecule has 13 heteroatoms. The van der Waals surface area contributed by atoms with Crippen molar-refractivity contribution >= 4 is 29.6 Å². The number of Topliss-reactive ketones (excluding diaryl/α,β-unsaturated/α-hetero) is 1. The maximum Gasteiger partial charge on any atom is 0.342 e. The van der Waals surface area contributed by atoms with E-state index in [1.54, 1.807) is 43.6 Å². The number of rotatable bonds is 11. The lowest BCUT2D eigenvalue weighted by molar-refractivity contribution is -0.135. The number of ketones is 1. The fraction of sp³-hybridized carbons (Fsp3) is 0.465. The van der Waals surface area contributed by atoms with Crippen LogP contribution in [0.15, 0.2) is 48.8 Å². The van der Waals surface area contributed by atoms with Crippen molar-refractivity contribution in [3.8, 4) is 28.7 Å². The van der Waals surface area contributed by atoms with Gasteiger partial charge in [0.05, 0.1) is 33.5 Å². The number of allylic oxidation sites excluding steroid dienone is 1. The molecule has 1 saturated heterocycles. The number of methoxy groups -OCH3 is 3. The van der Waals surface area contributed by atoms with Gasteiger partial charge < -0.3 is 39.4 Å². The first kappa shape index (κ1) is 41.6. The Hall–Kier alpha value is -5.59. The summed E-state index contributed by atoms with van der Waals surface area (Å²) in [6.07, 6.45) is 11.8. The highest BCUT2D eigenvalue weighted by molar-refractivity contribution is 5.98. The quantitative estimate of drug-likeness (QED) is 0.175. The molecular weight excluding hydrogens is 718 g/mol. The van der Waals surface area contributed by atoms with Crippen LogP contribution in [-0.2, 0) is 19.1 Å². The lowest BCUT2D eigenvalue weighted by Gasteiger charge is -2.36. The zero-order valence-corrected chi connectivity index (χ0v) is 32.7. The summed E-state index contributed by atoms with van der Waals surface area (Å²) < 4.78 is 22.5. The van der Waals surface area contributed by atoms with Crippen LogP contribution >= 0.6 is 0 Å². The van der Waals surface area contributed by atoms with Crippen molar-refractivity contribution in [1.82, 2.24) is 15.2 Å². The van der Waals surface area contributed by atoms with Gasteiger partial charge >= 0.3 is 5.97 Å². The fourth-order valence-electron chi connectivity index (χ4n) is 7.57. The number of nitrogens with zero attached hydrogens (tertiary/aromatic N) is 2. The van der Waals surface area contributed by atoms with Crippen LogP contribution in [0.4, 0.5) is 0 Å². The zero-order valence-electron chi connectivity index (χ0n) is 32.7. The molecule has 56 heavy (non-hydrogen) atoms. The molecule has 300 valence electrons. The number of phenols is 2. The highest BCUT2D eigenvalue weighted by Crippen LogP contribution is 2.48. The van der Waals surface area contributed by atoms with Crippen LogP contribution in [0.1, 0.15) is 122 Å². The van der Waals surface area contributed by atoms with Gasteiger partial charge in [-0.15, -0.1) is 0 Å². The standard InChI is InChI=1S/C43H53N3O10/c1-27-12-10-16-31(47)15-7-5-6-13-28-22-34(48)40(41(51)39(28)43(52)56-27)32(30-23-35(53-2)42(55-4)36(24-30)54-3)25-37(49)45-20-18-38(50)46-21-9-8-17-33(46)29-14-11-19-44-26-29/h6,11,13-14,19,22-24,26-27,32-33,48,51H,5,7-10,12,15-18,20-21,25H2,1-4H3,(H,45,49)/b13-6+/t27-,32?,33?/m0/s1. The highest BCUT2D eigenvalue weighted by Gasteiger charge is 2.33. The number of hydrogen-bond acceptors (Lipinski definition) is 11. The van der Waals surface area contributed by atoms with E-state index in [1.165, 1.54) is 27.4 Å². The molecule has 1 fully saturated rings. The smallest absolute Gasteiger partial charge is 0.342 e. The second kappa shape index (κ2) is 19.8. The molecule has 0 bridgehead atoms. The number of aromatic hydroxyl groups is 2. The normalized spacial score (nSPS) is 19.1. The number of hydrogen-bond donors (Lipinski definition) is 3. The Bertz CT molecular complexity index is 1870. The van der Waals surface area contributed by atoms with Crippen molar-refractivity contribution in [3.63, 3.8) is 0 Å². The number of cyclic esters (lactones) is 1. The number of phenolic OH excluding ortho intramolecular Hbond substituents is 2. The lowest BCUT2D eigenvalue weighted by Crippen LogP contribution is -2.40. The van der Waals surface area contributed by atoms with E-state index in [0.717, 1.165) is 24.8 Å². The van der Waals surface area contributed by atoms with Gasteiger partial charge in [0, 0.05) is 62.6 Å². The summed E-state index contributed by atoms with van der Waals surface area (Å²) in [5, 5.41) is 26.5. The topological polar surface area (TPSA) is 174 Å². The molecule has 3 heterocycles. The van der Waals surface area contributed by atoms with E-state index in [1.807, 2.05) is 17.0 Å². The van der Waals surface area contributed by atoms with Crippen LogP contribution in [-0.4, -0.2) is 84.2 Å². The second-order valence-corrected chi connectivity index (χ2v) is 14.3. The van der Waals surface area contributed by atoms with Gasteiger partial charge in [-0.05, 0) is 92.8 Å². The van der Waals surface area contributed by atoms with Crippen molar-refractivity contribution < 1.29 is 48.3 Å². The number of likely N-dealkylation sites (tertiary alicyclic amines) is 1. The molecule has 2 unspecified atom stereocenters. The molecule has 5 rings (SSSR count). The van der Waals surface area contributed by atoms with E-state index in [9.17, 15) is 29.4 Å². The Kier molecular flexibility index (Phi) is 14.7. The van der Waals surface area contributed by atoms with Crippen molar-refractivity contribution in [2.75, 3.05) is 34.4 Å². The molecule has 3 N–H and O–H groups in total. The van der Waals surface area contributed by atoms with Gasteiger partial charge in [0.2, 0.25) is 17.6 Å². The first-order valence-electron chi connectivity index (χ1n) is 19.3. The molecule has 2 amide bonds. The van der Waals surface area contributed by atoms with Gasteiger partial charge in [-0.25, -0.2) is 4.79 Å². The van der Waals surface area contributed by atoms with E-state index < -0.39 is 29.6 Å². The maximum absolute atomic E-state index is 13.8. The number of nitrogens with one attached hydrogen (secondary N) is 1. The van der Waals surface area contributed by atoms with Gasteiger partial charge in [-0.3, -0.25) is 19.4 Å². The molecule has 2 aliphatic heterocycles. The number of ether oxygens (including phenoxy) is 4. The summed E-state index contributed by atoms with van der Waals surface area (Å²) in [7, 11) is 4.35. The van der Waals surface area contributed by atoms with Gasteiger partial charge in [-0.1, -0.05) is 18.2 Å². The van der Waals surface area contributed by atoms with Crippen molar-refractivity contribution in [2.45, 2.75) is 95.6 Å². The number of piperidine rings is 1. The van der Waals surface area contributed by atoms with Crippen LogP contribution in [0, 0.1) is 0 Å². The Balaban J connectivity index is 1.48. The number of aromatic nitrogens is 1. The van der Waals surface area contributed by atoms with Gasteiger partial charge in [-0.2, -0.15) is 0 Å². The predicted octanol–water partition coefficient (Wildman–Crippen LogP) is 6.78. The number of fused-ring (bicyclic) bond motifs is 1. The van der Waals surface area contributed by atoms with Gasteiger partial charge in [0.1, 0.15) is 22.8 Å². The largest absolute Gasteiger partial charge is 0.507 e. The maximum atomic E-state index is 13.8.